The molecule has 0 fully saturated rings. The molecule has 1 amide bonds. The Morgan fingerprint density at radius 3 is 2.03 bits per heavy atom. The lowest BCUT2D eigenvalue weighted by Crippen LogP contribution is -2.31. The third-order valence-electron chi connectivity index (χ3n) is 4.69. The molecule has 1 N–H and O–H groups in total. The minimum atomic E-state index is -0.586. The molecule has 0 spiro atoms. The molecule has 3 rings (SSSR count). The average Bonchev–Trinajstić information content (AvgIpc) is 2.83. The zero-order valence-corrected chi connectivity index (χ0v) is 17.1. The van der Waals surface area contributed by atoms with Gasteiger partial charge in [-0.05, 0) is 42.0 Å². The van der Waals surface area contributed by atoms with E-state index in [2.05, 4.69) is 5.32 Å². The van der Waals surface area contributed by atoms with Crippen LogP contribution in [0.5, 0.6) is 5.75 Å². The molecule has 1 atom stereocenters. The van der Waals surface area contributed by atoms with Gasteiger partial charge in [-0.3, -0.25) is 14.4 Å². The number of Topliss-reactive ketones (excluding diaryl/α,β-unsaturated/α-hetero) is 1. The van der Waals surface area contributed by atoms with Gasteiger partial charge in [-0.1, -0.05) is 48.5 Å². The Kier molecular flexibility index (Phi) is 7.54. The number of benzene rings is 3. The fraction of sp³-hybridized carbons (Fsp3) is 0.160. The molecule has 0 saturated heterocycles. The summed E-state index contributed by atoms with van der Waals surface area (Å²) in [5.74, 6) is -0.561. The number of esters is 1. The highest BCUT2D eigenvalue weighted by Crippen LogP contribution is 2.19. The van der Waals surface area contributed by atoms with Crippen molar-refractivity contribution >= 4 is 17.7 Å². The zero-order valence-electron chi connectivity index (χ0n) is 17.1. The number of methoxy groups -OCH3 is 1. The summed E-state index contributed by atoms with van der Waals surface area (Å²) in [7, 11) is 1.54. The number of hydrogen-bond acceptors (Lipinski definition) is 5. The van der Waals surface area contributed by atoms with E-state index in [4.69, 9.17) is 9.47 Å². The standard InChI is InChI=1S/C25H23NO5/c1-30-21-14-12-19(13-15-21)23(27)17-31-24(28)16-22(18-8-4-2-5-9-18)26-25(29)20-10-6-3-7-11-20/h2-15,22H,16-17H2,1H3,(H,26,29)/t22-/m0/s1. The van der Waals surface area contributed by atoms with Crippen LogP contribution in [0.4, 0.5) is 0 Å². The number of amides is 1. The normalized spacial score (nSPS) is 11.3. The van der Waals surface area contributed by atoms with E-state index in [1.165, 1.54) is 0 Å². The lowest BCUT2D eigenvalue weighted by atomic mass is 10.0. The van der Waals surface area contributed by atoms with Crippen LogP contribution < -0.4 is 10.1 Å². The maximum absolute atomic E-state index is 12.6. The first kappa shape index (κ1) is 21.8. The second-order valence-corrected chi connectivity index (χ2v) is 6.82. The average molecular weight is 417 g/mol. The van der Waals surface area contributed by atoms with E-state index in [-0.39, 0.29) is 24.7 Å². The van der Waals surface area contributed by atoms with E-state index < -0.39 is 12.0 Å². The molecule has 6 nitrogen and oxygen atoms in total. The van der Waals surface area contributed by atoms with E-state index >= 15 is 0 Å². The van der Waals surface area contributed by atoms with Gasteiger partial charge in [0.05, 0.1) is 19.6 Å². The molecule has 0 unspecified atom stereocenters. The summed E-state index contributed by atoms with van der Waals surface area (Å²) >= 11 is 0. The van der Waals surface area contributed by atoms with E-state index in [1.807, 2.05) is 36.4 Å². The minimum absolute atomic E-state index is 0.0987. The minimum Gasteiger partial charge on any atom is -0.497 e. The number of ketones is 1. The summed E-state index contributed by atoms with van der Waals surface area (Å²) in [6.07, 6.45) is -0.0987. The quantitative estimate of drug-likeness (QED) is 0.421. The number of carbonyl (C=O) groups is 3. The Labute approximate surface area is 180 Å². The number of rotatable bonds is 9. The van der Waals surface area contributed by atoms with Crippen molar-refractivity contribution in [3.8, 4) is 5.75 Å². The van der Waals surface area contributed by atoms with Crippen LogP contribution in [-0.4, -0.2) is 31.4 Å². The third kappa shape index (κ3) is 6.27. The summed E-state index contributed by atoms with van der Waals surface area (Å²) in [5.41, 5.74) is 1.68. The predicted molar refractivity (Wildman–Crippen MR) is 116 cm³/mol. The molecule has 0 radical (unpaired) electrons. The summed E-state index contributed by atoms with van der Waals surface area (Å²) < 4.78 is 10.2. The number of carbonyl (C=O) groups excluding carboxylic acids is 3. The van der Waals surface area contributed by atoms with Crippen LogP contribution in [-0.2, 0) is 9.53 Å². The second-order valence-electron chi connectivity index (χ2n) is 6.82. The van der Waals surface area contributed by atoms with Crippen molar-refractivity contribution in [2.24, 2.45) is 0 Å². The van der Waals surface area contributed by atoms with Crippen LogP contribution in [0.1, 0.15) is 38.7 Å². The van der Waals surface area contributed by atoms with Crippen LogP contribution in [0.3, 0.4) is 0 Å². The molecule has 6 heteroatoms. The van der Waals surface area contributed by atoms with Crippen LogP contribution in [0, 0.1) is 0 Å². The SMILES string of the molecule is COc1ccc(C(=O)COC(=O)C[C@H](NC(=O)c2ccccc2)c2ccccc2)cc1. The maximum Gasteiger partial charge on any atom is 0.308 e. The van der Waals surface area contributed by atoms with Crippen LogP contribution in [0.2, 0.25) is 0 Å². The molecule has 0 saturated carbocycles. The molecular weight excluding hydrogens is 394 g/mol. The Morgan fingerprint density at radius 1 is 0.806 bits per heavy atom. The van der Waals surface area contributed by atoms with Crippen molar-refractivity contribution in [3.05, 3.63) is 102 Å². The van der Waals surface area contributed by atoms with Crippen molar-refractivity contribution < 1.29 is 23.9 Å². The van der Waals surface area contributed by atoms with Crippen molar-refractivity contribution in [1.29, 1.82) is 0 Å². The Hall–Kier alpha value is -3.93. The molecule has 0 aliphatic rings. The third-order valence-corrected chi connectivity index (χ3v) is 4.69. The largest absolute Gasteiger partial charge is 0.497 e. The van der Waals surface area contributed by atoms with E-state index in [0.29, 0.717) is 16.9 Å². The Balaban J connectivity index is 1.62. The zero-order chi connectivity index (χ0) is 22.1. The number of hydrogen-bond donors (Lipinski definition) is 1. The molecule has 31 heavy (non-hydrogen) atoms. The highest BCUT2D eigenvalue weighted by atomic mass is 16.5. The first-order valence-electron chi connectivity index (χ1n) is 9.80. The highest BCUT2D eigenvalue weighted by Gasteiger charge is 2.21. The van der Waals surface area contributed by atoms with Crippen molar-refractivity contribution in [3.63, 3.8) is 0 Å². The van der Waals surface area contributed by atoms with Gasteiger partial charge in [-0.25, -0.2) is 0 Å². The van der Waals surface area contributed by atoms with Crippen LogP contribution in [0.15, 0.2) is 84.9 Å². The highest BCUT2D eigenvalue weighted by molar-refractivity contribution is 5.98. The van der Waals surface area contributed by atoms with Gasteiger partial charge in [0.15, 0.2) is 12.4 Å². The lowest BCUT2D eigenvalue weighted by Gasteiger charge is -2.18. The van der Waals surface area contributed by atoms with Gasteiger partial charge in [-0.15, -0.1) is 0 Å². The first-order chi connectivity index (χ1) is 15.1. The van der Waals surface area contributed by atoms with Gasteiger partial charge >= 0.3 is 5.97 Å². The number of nitrogens with one attached hydrogen (secondary N) is 1. The van der Waals surface area contributed by atoms with Crippen molar-refractivity contribution in [1.82, 2.24) is 5.32 Å². The Bertz CT molecular complexity index is 1020. The van der Waals surface area contributed by atoms with Gasteiger partial charge in [0.2, 0.25) is 0 Å². The van der Waals surface area contributed by atoms with Gasteiger partial charge < -0.3 is 14.8 Å². The molecular formula is C25H23NO5. The first-order valence-corrected chi connectivity index (χ1v) is 9.80. The molecule has 3 aromatic carbocycles. The second kappa shape index (κ2) is 10.7. The molecule has 158 valence electrons. The number of ether oxygens (including phenoxy) is 2. The molecule has 0 bridgehead atoms. The monoisotopic (exact) mass is 417 g/mol. The lowest BCUT2D eigenvalue weighted by molar-refractivity contribution is -0.143. The van der Waals surface area contributed by atoms with Crippen molar-refractivity contribution in [2.45, 2.75) is 12.5 Å². The predicted octanol–water partition coefficient (Wildman–Crippen LogP) is 3.98. The molecule has 3 aromatic rings. The van der Waals surface area contributed by atoms with E-state index in [9.17, 15) is 14.4 Å². The van der Waals surface area contributed by atoms with E-state index in [0.717, 1.165) is 5.56 Å². The van der Waals surface area contributed by atoms with Gasteiger partial charge in [0.25, 0.3) is 5.91 Å². The molecule has 0 aliphatic carbocycles. The molecule has 0 aliphatic heterocycles. The van der Waals surface area contributed by atoms with Gasteiger partial charge in [0, 0.05) is 11.1 Å². The summed E-state index contributed by atoms with van der Waals surface area (Å²) in [6, 6.07) is 23.9. The van der Waals surface area contributed by atoms with E-state index in [1.54, 1.807) is 55.6 Å². The van der Waals surface area contributed by atoms with Crippen molar-refractivity contribution in [2.75, 3.05) is 13.7 Å². The topological polar surface area (TPSA) is 81.7 Å². The maximum atomic E-state index is 12.6. The molecule has 0 heterocycles. The summed E-state index contributed by atoms with van der Waals surface area (Å²) in [6.45, 7) is -0.376. The Morgan fingerprint density at radius 2 is 1.42 bits per heavy atom. The smallest absolute Gasteiger partial charge is 0.308 e. The fourth-order valence-electron chi connectivity index (χ4n) is 3.00. The van der Waals surface area contributed by atoms with Crippen LogP contribution >= 0.6 is 0 Å². The summed E-state index contributed by atoms with van der Waals surface area (Å²) in [4.78, 5) is 37.3. The fourth-order valence-corrected chi connectivity index (χ4v) is 3.00. The van der Waals surface area contributed by atoms with Crippen LogP contribution in [0.25, 0.3) is 0 Å². The van der Waals surface area contributed by atoms with Gasteiger partial charge in [0.1, 0.15) is 5.75 Å². The summed E-state index contributed by atoms with van der Waals surface area (Å²) in [5, 5.41) is 2.87. The van der Waals surface area contributed by atoms with Gasteiger partial charge in [-0.2, -0.15) is 0 Å². The molecule has 0 aromatic heterocycles.